The zero-order valence-corrected chi connectivity index (χ0v) is 12.0. The number of carbonyl (C=O) groups excluding carboxylic acids is 1. The number of likely N-dealkylation sites (N-methyl/N-ethyl adjacent to an activating group) is 1. The Morgan fingerprint density at radius 2 is 1.90 bits per heavy atom. The van der Waals surface area contributed by atoms with E-state index in [1.54, 1.807) is 19.0 Å². The molecule has 0 aliphatic rings. The van der Waals surface area contributed by atoms with E-state index in [1.165, 1.54) is 12.3 Å². The molecule has 0 saturated heterocycles. The predicted octanol–water partition coefficient (Wildman–Crippen LogP) is 1.96. The summed E-state index contributed by atoms with van der Waals surface area (Å²) in [5.41, 5.74) is 0.547. The van der Waals surface area contributed by atoms with E-state index < -0.39 is 0 Å². The fourth-order valence-corrected chi connectivity index (χ4v) is 1.82. The minimum absolute atomic E-state index is 0.0341. The fraction of sp³-hybridized carbons (Fsp3) is 0.250. The van der Waals surface area contributed by atoms with Gasteiger partial charge < -0.3 is 14.1 Å². The molecule has 1 aromatic carbocycles. The van der Waals surface area contributed by atoms with Crippen molar-refractivity contribution in [2.24, 2.45) is 0 Å². The number of ketones is 1. The largest absolute Gasteiger partial charge is 0.481 e. The maximum Gasteiger partial charge on any atom is 0.227 e. The lowest BCUT2D eigenvalue weighted by atomic mass is 10.2. The number of rotatable bonds is 6. The number of benzene rings is 1. The van der Waals surface area contributed by atoms with Gasteiger partial charge in [0, 0.05) is 6.07 Å². The zero-order chi connectivity index (χ0) is 15.2. The first-order chi connectivity index (χ1) is 10.1. The number of ether oxygens (including phenoxy) is 1. The molecule has 5 nitrogen and oxygen atoms in total. The molecule has 0 amide bonds. The minimum atomic E-state index is -0.362. The molecule has 21 heavy (non-hydrogen) atoms. The minimum Gasteiger partial charge on any atom is -0.481 e. The Hall–Kier alpha value is -2.40. The lowest BCUT2D eigenvalue weighted by molar-refractivity contribution is 0.0920. The van der Waals surface area contributed by atoms with Crippen LogP contribution in [0.15, 0.2) is 51.9 Å². The normalized spacial score (nSPS) is 10.6. The van der Waals surface area contributed by atoms with Crippen LogP contribution >= 0.6 is 0 Å². The van der Waals surface area contributed by atoms with Gasteiger partial charge in [0.15, 0.2) is 0 Å². The summed E-state index contributed by atoms with van der Waals surface area (Å²) in [6.07, 6.45) is 1.21. The Balaban J connectivity index is 2.22. The number of carbonyl (C=O) groups is 1. The number of hydrogen-bond donors (Lipinski definition) is 0. The maximum atomic E-state index is 12.1. The van der Waals surface area contributed by atoms with Crippen molar-refractivity contribution < 1.29 is 13.9 Å². The summed E-state index contributed by atoms with van der Waals surface area (Å²) >= 11 is 0. The summed E-state index contributed by atoms with van der Waals surface area (Å²) < 4.78 is 10.7. The quantitative estimate of drug-likeness (QED) is 0.760. The Bertz CT molecular complexity index is 661. The standard InChI is InChI=1S/C16H17NO4/c1-17(2)10-14(19)16-15(13(18)8-9-20-16)21-11-12-6-4-3-5-7-12/h3-9H,10-11H2,1-2H3. The van der Waals surface area contributed by atoms with Crippen LogP contribution in [-0.2, 0) is 6.61 Å². The Labute approximate surface area is 122 Å². The molecular formula is C16H17NO4. The van der Waals surface area contributed by atoms with E-state index in [9.17, 15) is 9.59 Å². The van der Waals surface area contributed by atoms with E-state index >= 15 is 0 Å². The highest BCUT2D eigenvalue weighted by atomic mass is 16.5. The summed E-state index contributed by atoms with van der Waals surface area (Å²) in [5.74, 6) is -0.360. The summed E-state index contributed by atoms with van der Waals surface area (Å²) in [6, 6.07) is 10.7. The Morgan fingerprint density at radius 3 is 2.57 bits per heavy atom. The van der Waals surface area contributed by atoms with Gasteiger partial charge in [-0.05, 0) is 19.7 Å². The second-order valence-electron chi connectivity index (χ2n) is 4.88. The monoisotopic (exact) mass is 287 g/mol. The van der Waals surface area contributed by atoms with Gasteiger partial charge in [-0.15, -0.1) is 0 Å². The summed E-state index contributed by atoms with van der Waals surface area (Å²) in [5, 5.41) is 0. The van der Waals surface area contributed by atoms with E-state index in [0.29, 0.717) is 0 Å². The first-order valence-electron chi connectivity index (χ1n) is 6.54. The predicted molar refractivity (Wildman–Crippen MR) is 78.6 cm³/mol. The second kappa shape index (κ2) is 6.85. The molecule has 0 aliphatic carbocycles. The molecule has 0 saturated carbocycles. The van der Waals surface area contributed by atoms with Gasteiger partial charge in [0.2, 0.25) is 22.7 Å². The van der Waals surface area contributed by atoms with E-state index in [4.69, 9.17) is 9.15 Å². The van der Waals surface area contributed by atoms with Crippen LogP contribution in [0.1, 0.15) is 16.1 Å². The van der Waals surface area contributed by atoms with E-state index in [0.717, 1.165) is 5.56 Å². The van der Waals surface area contributed by atoms with E-state index in [2.05, 4.69) is 0 Å². The van der Waals surface area contributed by atoms with Gasteiger partial charge in [0.25, 0.3) is 0 Å². The van der Waals surface area contributed by atoms with Crippen LogP contribution in [0.2, 0.25) is 0 Å². The number of hydrogen-bond acceptors (Lipinski definition) is 5. The van der Waals surface area contributed by atoms with Crippen LogP contribution in [0.5, 0.6) is 5.75 Å². The molecule has 0 aliphatic heterocycles. The molecule has 0 spiro atoms. The lowest BCUT2D eigenvalue weighted by Crippen LogP contribution is -2.23. The molecule has 2 rings (SSSR count). The van der Waals surface area contributed by atoms with Gasteiger partial charge in [-0.2, -0.15) is 0 Å². The van der Waals surface area contributed by atoms with Crippen LogP contribution in [0.3, 0.4) is 0 Å². The third-order valence-electron chi connectivity index (χ3n) is 2.77. The van der Waals surface area contributed by atoms with E-state index in [1.807, 2.05) is 30.3 Å². The van der Waals surface area contributed by atoms with Crippen LogP contribution < -0.4 is 10.2 Å². The van der Waals surface area contributed by atoms with Crippen molar-refractivity contribution >= 4 is 5.78 Å². The SMILES string of the molecule is CN(C)CC(=O)c1occc(=O)c1OCc1ccccc1. The van der Waals surface area contributed by atoms with Crippen molar-refractivity contribution in [1.29, 1.82) is 0 Å². The van der Waals surface area contributed by atoms with Gasteiger partial charge in [-0.25, -0.2) is 0 Å². The molecule has 1 aromatic heterocycles. The average Bonchev–Trinajstić information content (AvgIpc) is 2.46. The number of Topliss-reactive ketones (excluding diaryl/α,β-unsaturated/α-hetero) is 1. The number of nitrogens with zero attached hydrogens (tertiary/aromatic N) is 1. The zero-order valence-electron chi connectivity index (χ0n) is 12.0. The first-order valence-corrected chi connectivity index (χ1v) is 6.54. The van der Waals surface area contributed by atoms with Crippen LogP contribution in [0.25, 0.3) is 0 Å². The third kappa shape index (κ3) is 4.03. The van der Waals surface area contributed by atoms with Gasteiger partial charge in [0.05, 0.1) is 12.8 Å². The molecule has 0 atom stereocenters. The van der Waals surface area contributed by atoms with Crippen molar-refractivity contribution in [3.05, 3.63) is 64.2 Å². The molecule has 0 N–H and O–H groups in total. The highest BCUT2D eigenvalue weighted by molar-refractivity contribution is 5.97. The molecule has 2 aromatic rings. The highest BCUT2D eigenvalue weighted by Crippen LogP contribution is 2.15. The van der Waals surface area contributed by atoms with Crippen molar-refractivity contribution in [1.82, 2.24) is 4.90 Å². The molecule has 0 unspecified atom stereocenters. The fourth-order valence-electron chi connectivity index (χ4n) is 1.82. The summed E-state index contributed by atoms with van der Waals surface area (Å²) in [4.78, 5) is 25.7. The second-order valence-corrected chi connectivity index (χ2v) is 4.88. The van der Waals surface area contributed by atoms with Crippen molar-refractivity contribution in [3.63, 3.8) is 0 Å². The molecule has 110 valence electrons. The third-order valence-corrected chi connectivity index (χ3v) is 2.77. The molecule has 0 bridgehead atoms. The van der Waals surface area contributed by atoms with Crippen LogP contribution in [-0.4, -0.2) is 31.3 Å². The van der Waals surface area contributed by atoms with Gasteiger partial charge in [0.1, 0.15) is 6.61 Å². The first kappa shape index (κ1) is 15.0. The lowest BCUT2D eigenvalue weighted by Gasteiger charge is -2.11. The molecule has 0 fully saturated rings. The molecule has 5 heteroatoms. The average molecular weight is 287 g/mol. The molecule has 1 heterocycles. The smallest absolute Gasteiger partial charge is 0.227 e. The Morgan fingerprint density at radius 1 is 1.19 bits per heavy atom. The topological polar surface area (TPSA) is 59.8 Å². The maximum absolute atomic E-state index is 12.1. The van der Waals surface area contributed by atoms with Crippen molar-refractivity contribution in [3.8, 4) is 5.75 Å². The van der Waals surface area contributed by atoms with Crippen molar-refractivity contribution in [2.75, 3.05) is 20.6 Å². The van der Waals surface area contributed by atoms with E-state index in [-0.39, 0.29) is 35.9 Å². The summed E-state index contributed by atoms with van der Waals surface area (Å²) in [6.45, 7) is 0.354. The van der Waals surface area contributed by atoms with Crippen LogP contribution in [0, 0.1) is 0 Å². The molecular weight excluding hydrogens is 270 g/mol. The highest BCUT2D eigenvalue weighted by Gasteiger charge is 2.19. The summed E-state index contributed by atoms with van der Waals surface area (Å²) in [7, 11) is 3.53. The Kier molecular flexibility index (Phi) is 4.90. The van der Waals surface area contributed by atoms with Gasteiger partial charge in [-0.1, -0.05) is 30.3 Å². The van der Waals surface area contributed by atoms with Crippen molar-refractivity contribution in [2.45, 2.75) is 6.61 Å². The van der Waals surface area contributed by atoms with Gasteiger partial charge in [-0.3, -0.25) is 9.59 Å². The molecule has 0 radical (unpaired) electrons. The van der Waals surface area contributed by atoms with Gasteiger partial charge >= 0.3 is 0 Å². The van der Waals surface area contributed by atoms with Crippen LogP contribution in [0.4, 0.5) is 0 Å².